The number of nitriles is 1. The van der Waals surface area contributed by atoms with Crippen LogP contribution in [0, 0.1) is 11.3 Å². The number of aromatic nitrogens is 1. The molecule has 9 nitrogen and oxygen atoms in total. The number of amides is 1. The van der Waals surface area contributed by atoms with Gasteiger partial charge in [-0.1, -0.05) is 30.3 Å². The average Bonchev–Trinajstić information content (AvgIpc) is 2.99. The van der Waals surface area contributed by atoms with Gasteiger partial charge in [-0.05, 0) is 28.8 Å². The highest BCUT2D eigenvalue weighted by Gasteiger charge is 2.26. The van der Waals surface area contributed by atoms with Crippen molar-refractivity contribution >= 4 is 17.0 Å². The Morgan fingerprint density at radius 1 is 1.27 bits per heavy atom. The summed E-state index contributed by atoms with van der Waals surface area (Å²) >= 11 is 0. The van der Waals surface area contributed by atoms with Crippen LogP contribution in [0.3, 0.4) is 0 Å². The van der Waals surface area contributed by atoms with Gasteiger partial charge in [0.15, 0.2) is 5.58 Å². The molecule has 2 heterocycles. The summed E-state index contributed by atoms with van der Waals surface area (Å²) in [5.74, 6) is -0.716. The standard InChI is InChI=1S/C24H26N4O5/c1-28-20-10-17(7-8-21(20)33-24(28)30)16-5-3-15(4-6-16)9-18(11-25)27-23(29)22-13-26-12-19(31-2)14-32-22/h3-8,10,18-19,22,26H,9,12-14H2,1-2H3,(H,27,29)/t18?,19-,22+/m1/s1. The molecule has 1 aromatic heterocycles. The van der Waals surface area contributed by atoms with E-state index in [2.05, 4.69) is 16.7 Å². The molecule has 0 radical (unpaired) electrons. The molecule has 33 heavy (non-hydrogen) atoms. The Morgan fingerprint density at radius 3 is 2.76 bits per heavy atom. The zero-order chi connectivity index (χ0) is 23.4. The third-order valence-electron chi connectivity index (χ3n) is 5.80. The summed E-state index contributed by atoms with van der Waals surface area (Å²) in [5, 5.41) is 15.5. The first-order chi connectivity index (χ1) is 16.0. The van der Waals surface area contributed by atoms with E-state index in [-0.39, 0.29) is 12.0 Å². The molecule has 1 fully saturated rings. The molecule has 3 atom stereocenters. The van der Waals surface area contributed by atoms with E-state index < -0.39 is 17.9 Å². The fourth-order valence-corrected chi connectivity index (χ4v) is 3.81. The highest BCUT2D eigenvalue weighted by atomic mass is 16.5. The van der Waals surface area contributed by atoms with Crippen molar-refractivity contribution in [1.82, 2.24) is 15.2 Å². The monoisotopic (exact) mass is 450 g/mol. The Bertz CT molecular complexity index is 1220. The Labute approximate surface area is 190 Å². The smallest absolute Gasteiger partial charge is 0.408 e. The van der Waals surface area contributed by atoms with Gasteiger partial charge in [0.25, 0.3) is 5.91 Å². The SMILES string of the molecule is CO[C@@H]1CNC[C@@H](C(=O)NC(C#N)Cc2ccc(-c3ccc4oc(=O)n(C)c4c3)cc2)OC1. The van der Waals surface area contributed by atoms with Gasteiger partial charge < -0.3 is 24.5 Å². The van der Waals surface area contributed by atoms with Crippen LogP contribution < -0.4 is 16.4 Å². The molecule has 3 aromatic rings. The molecule has 0 bridgehead atoms. The fourth-order valence-electron chi connectivity index (χ4n) is 3.81. The predicted octanol–water partition coefficient (Wildman–Crippen LogP) is 1.35. The van der Waals surface area contributed by atoms with Crippen molar-refractivity contribution in [2.24, 2.45) is 7.05 Å². The van der Waals surface area contributed by atoms with Gasteiger partial charge in [-0.2, -0.15) is 5.26 Å². The number of ether oxygens (including phenoxy) is 2. The minimum atomic E-state index is -0.676. The molecular formula is C24H26N4O5. The van der Waals surface area contributed by atoms with E-state index in [9.17, 15) is 14.9 Å². The van der Waals surface area contributed by atoms with Crippen LogP contribution in [0.15, 0.2) is 51.7 Å². The summed E-state index contributed by atoms with van der Waals surface area (Å²) in [4.78, 5) is 24.3. The lowest BCUT2D eigenvalue weighted by molar-refractivity contribution is -0.133. The molecule has 1 amide bonds. The van der Waals surface area contributed by atoms with Crippen molar-refractivity contribution in [3.63, 3.8) is 0 Å². The first-order valence-corrected chi connectivity index (χ1v) is 10.7. The van der Waals surface area contributed by atoms with Crippen LogP contribution in [0.4, 0.5) is 0 Å². The molecule has 172 valence electrons. The minimum Gasteiger partial charge on any atom is -0.408 e. The molecule has 1 saturated heterocycles. The van der Waals surface area contributed by atoms with Crippen molar-refractivity contribution in [1.29, 1.82) is 5.26 Å². The van der Waals surface area contributed by atoms with Gasteiger partial charge in [0.1, 0.15) is 12.1 Å². The molecular weight excluding hydrogens is 424 g/mol. The maximum absolute atomic E-state index is 12.6. The third-order valence-corrected chi connectivity index (χ3v) is 5.80. The highest BCUT2D eigenvalue weighted by molar-refractivity contribution is 5.82. The normalized spacial score (nSPS) is 19.5. The molecule has 9 heteroatoms. The summed E-state index contributed by atoms with van der Waals surface area (Å²) < 4.78 is 17.5. The molecule has 0 saturated carbocycles. The Kier molecular flexibility index (Phi) is 6.89. The summed E-state index contributed by atoms with van der Waals surface area (Å²) in [6.45, 7) is 1.29. The van der Waals surface area contributed by atoms with Gasteiger partial charge in [0, 0.05) is 33.7 Å². The van der Waals surface area contributed by atoms with Gasteiger partial charge >= 0.3 is 5.76 Å². The number of carbonyl (C=O) groups excluding carboxylic acids is 1. The summed E-state index contributed by atoms with van der Waals surface area (Å²) in [6, 6.07) is 14.8. The number of nitrogens with one attached hydrogen (secondary N) is 2. The number of hydrogen-bond donors (Lipinski definition) is 2. The Hall–Kier alpha value is -3.45. The van der Waals surface area contributed by atoms with Gasteiger partial charge in [0.05, 0.1) is 24.3 Å². The molecule has 4 rings (SSSR count). The van der Waals surface area contributed by atoms with Gasteiger partial charge in [-0.25, -0.2) is 4.79 Å². The lowest BCUT2D eigenvalue weighted by Crippen LogP contribution is -2.46. The van der Waals surface area contributed by atoms with Crippen LogP contribution in [-0.4, -0.2) is 55.5 Å². The Balaban J connectivity index is 1.40. The number of oxazole rings is 1. The fraction of sp³-hybridized carbons (Fsp3) is 0.375. The van der Waals surface area contributed by atoms with Gasteiger partial charge in [0.2, 0.25) is 0 Å². The van der Waals surface area contributed by atoms with E-state index in [1.165, 1.54) is 4.57 Å². The van der Waals surface area contributed by atoms with Crippen LogP contribution in [0.25, 0.3) is 22.2 Å². The van der Waals surface area contributed by atoms with Crippen molar-refractivity contribution < 1.29 is 18.7 Å². The number of benzene rings is 2. The van der Waals surface area contributed by atoms with Crippen molar-refractivity contribution in [2.45, 2.75) is 24.7 Å². The van der Waals surface area contributed by atoms with Crippen LogP contribution in [0.5, 0.6) is 0 Å². The summed E-state index contributed by atoms with van der Waals surface area (Å²) in [6.07, 6.45) is -0.400. The summed E-state index contributed by atoms with van der Waals surface area (Å²) in [5.41, 5.74) is 4.10. The topological polar surface area (TPSA) is 119 Å². The zero-order valence-electron chi connectivity index (χ0n) is 18.5. The quantitative estimate of drug-likeness (QED) is 0.582. The third kappa shape index (κ3) is 5.14. The molecule has 0 spiro atoms. The molecule has 1 unspecified atom stereocenters. The van der Waals surface area contributed by atoms with Crippen LogP contribution in [0.2, 0.25) is 0 Å². The second-order valence-corrected chi connectivity index (χ2v) is 8.04. The van der Waals surface area contributed by atoms with Crippen LogP contribution in [0.1, 0.15) is 5.56 Å². The van der Waals surface area contributed by atoms with Crippen LogP contribution >= 0.6 is 0 Å². The lowest BCUT2D eigenvalue weighted by Gasteiger charge is -2.18. The Morgan fingerprint density at radius 2 is 2.03 bits per heavy atom. The van der Waals surface area contributed by atoms with Gasteiger partial charge in [-0.15, -0.1) is 0 Å². The number of nitrogens with zero attached hydrogens (tertiary/aromatic N) is 2. The predicted molar refractivity (Wildman–Crippen MR) is 122 cm³/mol. The lowest BCUT2D eigenvalue weighted by atomic mass is 10.0. The molecule has 0 aliphatic carbocycles. The van der Waals surface area contributed by atoms with Gasteiger partial charge in [-0.3, -0.25) is 9.36 Å². The second-order valence-electron chi connectivity index (χ2n) is 8.04. The zero-order valence-corrected chi connectivity index (χ0v) is 18.5. The minimum absolute atomic E-state index is 0.104. The van der Waals surface area contributed by atoms with Crippen molar-refractivity contribution in [3.8, 4) is 17.2 Å². The average molecular weight is 450 g/mol. The first-order valence-electron chi connectivity index (χ1n) is 10.7. The number of fused-ring (bicyclic) bond motifs is 1. The van der Waals surface area contributed by atoms with Crippen molar-refractivity contribution in [2.75, 3.05) is 26.8 Å². The number of rotatable bonds is 6. The number of methoxy groups -OCH3 is 1. The maximum atomic E-state index is 12.6. The van der Waals surface area contributed by atoms with E-state index in [4.69, 9.17) is 13.9 Å². The second kappa shape index (κ2) is 10.0. The van der Waals surface area contributed by atoms with E-state index in [0.29, 0.717) is 31.7 Å². The first kappa shape index (κ1) is 22.7. The van der Waals surface area contributed by atoms with E-state index >= 15 is 0 Å². The number of hydrogen-bond acceptors (Lipinski definition) is 7. The summed E-state index contributed by atoms with van der Waals surface area (Å²) in [7, 11) is 3.27. The van der Waals surface area contributed by atoms with E-state index in [1.807, 2.05) is 36.4 Å². The largest absolute Gasteiger partial charge is 0.419 e. The van der Waals surface area contributed by atoms with E-state index in [1.54, 1.807) is 20.2 Å². The molecule has 2 N–H and O–H groups in total. The number of carbonyl (C=O) groups is 1. The van der Waals surface area contributed by atoms with Crippen molar-refractivity contribution in [3.05, 3.63) is 58.6 Å². The molecule has 1 aliphatic heterocycles. The highest BCUT2D eigenvalue weighted by Crippen LogP contribution is 2.24. The maximum Gasteiger partial charge on any atom is 0.419 e. The van der Waals surface area contributed by atoms with E-state index in [0.717, 1.165) is 22.2 Å². The number of aryl methyl sites for hydroxylation is 1. The molecule has 2 aromatic carbocycles. The molecule has 1 aliphatic rings. The van der Waals surface area contributed by atoms with Crippen LogP contribution in [-0.2, 0) is 27.7 Å².